The first kappa shape index (κ1) is 28.7. The smallest absolute Gasteiger partial charge is 0.315 e. The summed E-state index contributed by atoms with van der Waals surface area (Å²) >= 11 is 0. The lowest BCUT2D eigenvalue weighted by Crippen LogP contribution is -2.36. The molecule has 0 spiro atoms. The Labute approximate surface area is 254 Å². The second kappa shape index (κ2) is 12.4. The van der Waals surface area contributed by atoms with Crippen molar-refractivity contribution in [3.63, 3.8) is 0 Å². The number of nitro benzene ring substituents is 2. The summed E-state index contributed by atoms with van der Waals surface area (Å²) in [6.07, 6.45) is 1.71. The van der Waals surface area contributed by atoms with Gasteiger partial charge in [0.1, 0.15) is 0 Å². The number of nitrogens with one attached hydrogen (secondary N) is 2. The third-order valence-electron chi connectivity index (χ3n) is 8.37. The van der Waals surface area contributed by atoms with Gasteiger partial charge in [-0.3, -0.25) is 20.2 Å². The van der Waals surface area contributed by atoms with Crippen LogP contribution in [0.5, 0.6) is 0 Å². The Balaban J connectivity index is 1.16. The average molecular weight is 593 g/mol. The maximum Gasteiger partial charge on any atom is 0.315 e. The van der Waals surface area contributed by atoms with Gasteiger partial charge in [0.2, 0.25) is 0 Å². The van der Waals surface area contributed by atoms with E-state index in [-0.39, 0.29) is 24.5 Å². The molecule has 0 fully saturated rings. The highest BCUT2D eigenvalue weighted by molar-refractivity contribution is 5.75. The fourth-order valence-corrected chi connectivity index (χ4v) is 6.09. The molecule has 44 heavy (non-hydrogen) atoms. The molecule has 0 saturated carbocycles. The molecule has 2 heterocycles. The summed E-state index contributed by atoms with van der Waals surface area (Å²) in [5, 5.41) is 28.8. The van der Waals surface area contributed by atoms with E-state index in [1.807, 2.05) is 24.3 Å². The molecule has 0 radical (unpaired) electrons. The monoisotopic (exact) mass is 592 g/mol. The van der Waals surface area contributed by atoms with Crippen molar-refractivity contribution in [2.24, 2.45) is 0 Å². The van der Waals surface area contributed by atoms with E-state index in [4.69, 9.17) is 0 Å². The van der Waals surface area contributed by atoms with Crippen molar-refractivity contribution in [2.45, 2.75) is 39.0 Å². The first-order valence-electron chi connectivity index (χ1n) is 14.6. The summed E-state index contributed by atoms with van der Waals surface area (Å²) in [6, 6.07) is 25.4. The van der Waals surface area contributed by atoms with Crippen molar-refractivity contribution in [3.8, 4) is 0 Å². The summed E-state index contributed by atoms with van der Waals surface area (Å²) < 4.78 is 0. The highest BCUT2D eigenvalue weighted by Gasteiger charge is 2.23. The van der Waals surface area contributed by atoms with Crippen molar-refractivity contribution in [1.29, 1.82) is 0 Å². The Hall–Kier alpha value is -5.45. The van der Waals surface area contributed by atoms with Crippen LogP contribution in [0.3, 0.4) is 0 Å². The molecule has 224 valence electrons. The number of nitrogens with zero attached hydrogens (tertiary/aromatic N) is 4. The van der Waals surface area contributed by atoms with Crippen LogP contribution < -0.4 is 20.4 Å². The molecule has 6 rings (SSSR count). The molecule has 0 unspecified atom stereocenters. The lowest BCUT2D eigenvalue weighted by Gasteiger charge is -2.32. The second-order valence-corrected chi connectivity index (χ2v) is 11.1. The Morgan fingerprint density at radius 1 is 0.636 bits per heavy atom. The highest BCUT2D eigenvalue weighted by atomic mass is 16.6. The number of fused-ring (bicyclic) bond motifs is 2. The van der Waals surface area contributed by atoms with Crippen molar-refractivity contribution in [3.05, 3.63) is 139 Å². The largest absolute Gasteiger partial charge is 0.367 e. The van der Waals surface area contributed by atoms with Gasteiger partial charge in [-0.1, -0.05) is 48.5 Å². The standard InChI is InChI=1S/C33H32N6O5/c40-33(34-19-27-17-29(38(41)42)9-11-31(27)36-15-13-23-5-1-3-7-25(23)21-36)35-20-28-18-30(39(43)44)10-12-32(28)37-16-14-24-6-2-4-8-26(24)22-37/h1-12,17-18H,13-16,19-22H2,(H2,34,35,40). The molecule has 11 heteroatoms. The van der Waals surface area contributed by atoms with E-state index in [1.165, 1.54) is 46.5 Å². The zero-order chi connectivity index (χ0) is 30.6. The van der Waals surface area contributed by atoms with E-state index in [0.717, 1.165) is 37.3 Å². The minimum Gasteiger partial charge on any atom is -0.367 e. The molecule has 0 bridgehead atoms. The summed E-state index contributed by atoms with van der Waals surface area (Å²) in [7, 11) is 0. The highest BCUT2D eigenvalue weighted by Crippen LogP contribution is 2.32. The van der Waals surface area contributed by atoms with Gasteiger partial charge < -0.3 is 20.4 Å². The van der Waals surface area contributed by atoms with Gasteiger partial charge in [-0.2, -0.15) is 0 Å². The number of carbonyl (C=O) groups excluding carboxylic acids is 1. The van der Waals surface area contributed by atoms with Crippen LogP contribution in [-0.4, -0.2) is 29.0 Å². The van der Waals surface area contributed by atoms with Crippen molar-refractivity contribution >= 4 is 28.8 Å². The quantitative estimate of drug-likeness (QED) is 0.200. The number of hydrogen-bond acceptors (Lipinski definition) is 7. The average Bonchev–Trinajstić information content (AvgIpc) is 3.05. The first-order chi connectivity index (χ1) is 21.4. The Morgan fingerprint density at radius 2 is 1.05 bits per heavy atom. The van der Waals surface area contributed by atoms with E-state index < -0.39 is 15.9 Å². The maximum absolute atomic E-state index is 13.0. The molecule has 4 aromatic rings. The number of rotatable bonds is 8. The molecule has 2 amide bonds. The van der Waals surface area contributed by atoms with E-state index in [9.17, 15) is 25.0 Å². The number of benzene rings is 4. The van der Waals surface area contributed by atoms with E-state index in [2.05, 4.69) is 44.7 Å². The Bertz CT molecular complexity index is 1620. The van der Waals surface area contributed by atoms with E-state index in [0.29, 0.717) is 24.2 Å². The molecule has 0 atom stereocenters. The van der Waals surface area contributed by atoms with Crippen molar-refractivity contribution in [2.75, 3.05) is 22.9 Å². The summed E-state index contributed by atoms with van der Waals surface area (Å²) in [6.45, 7) is 3.00. The molecule has 11 nitrogen and oxygen atoms in total. The van der Waals surface area contributed by atoms with Crippen LogP contribution in [-0.2, 0) is 39.0 Å². The van der Waals surface area contributed by atoms with Crippen LogP contribution in [0.15, 0.2) is 84.9 Å². The third kappa shape index (κ3) is 6.17. The molecule has 0 aliphatic carbocycles. The topological polar surface area (TPSA) is 134 Å². The van der Waals surface area contributed by atoms with E-state index in [1.54, 1.807) is 12.1 Å². The van der Waals surface area contributed by atoms with Gasteiger partial charge in [0.05, 0.1) is 9.85 Å². The lowest BCUT2D eigenvalue weighted by molar-refractivity contribution is -0.385. The molecular weight excluding hydrogens is 560 g/mol. The number of amides is 2. The lowest BCUT2D eigenvalue weighted by atomic mass is 9.98. The predicted molar refractivity (Wildman–Crippen MR) is 168 cm³/mol. The van der Waals surface area contributed by atoms with Gasteiger partial charge in [0.25, 0.3) is 11.4 Å². The molecule has 2 N–H and O–H groups in total. The normalized spacial score (nSPS) is 13.9. The minimum absolute atomic E-state index is 0.0484. The molecule has 2 aliphatic rings. The van der Waals surface area contributed by atoms with Crippen LogP contribution in [0.1, 0.15) is 33.4 Å². The fourth-order valence-electron chi connectivity index (χ4n) is 6.09. The van der Waals surface area contributed by atoms with Crippen LogP contribution in [0.4, 0.5) is 27.5 Å². The molecule has 2 aliphatic heterocycles. The molecule has 4 aromatic carbocycles. The Kier molecular flexibility index (Phi) is 8.09. The SMILES string of the molecule is O=C(NCc1cc([N+](=O)[O-])ccc1N1CCc2ccccc2C1)NCc1cc([N+](=O)[O-])ccc1N1CCc2ccccc2C1. The summed E-state index contributed by atoms with van der Waals surface area (Å²) in [5.41, 5.74) is 7.83. The summed E-state index contributed by atoms with van der Waals surface area (Å²) in [5.74, 6) is 0. The number of urea groups is 1. The third-order valence-corrected chi connectivity index (χ3v) is 8.37. The first-order valence-corrected chi connectivity index (χ1v) is 14.6. The number of non-ortho nitro benzene ring substituents is 2. The second-order valence-electron chi connectivity index (χ2n) is 11.1. The number of carbonyl (C=O) groups is 1. The molecule has 0 aromatic heterocycles. The van der Waals surface area contributed by atoms with Crippen LogP contribution in [0.2, 0.25) is 0 Å². The van der Waals surface area contributed by atoms with Crippen molar-refractivity contribution < 1.29 is 14.6 Å². The number of nitro groups is 2. The van der Waals surface area contributed by atoms with Crippen LogP contribution in [0, 0.1) is 20.2 Å². The van der Waals surface area contributed by atoms with Gasteiger partial charge in [0, 0.05) is 86.0 Å². The number of hydrogen-bond donors (Lipinski definition) is 2. The zero-order valence-corrected chi connectivity index (χ0v) is 24.1. The predicted octanol–water partition coefficient (Wildman–Crippen LogP) is 5.63. The van der Waals surface area contributed by atoms with Gasteiger partial charge in [0.15, 0.2) is 0 Å². The molecule has 0 saturated heterocycles. The minimum atomic E-state index is -0.479. The zero-order valence-electron chi connectivity index (χ0n) is 24.1. The fraction of sp³-hybridized carbons (Fsp3) is 0.242. The Morgan fingerprint density at radius 3 is 1.45 bits per heavy atom. The number of anilines is 2. The van der Waals surface area contributed by atoms with Crippen molar-refractivity contribution in [1.82, 2.24) is 10.6 Å². The van der Waals surface area contributed by atoms with Gasteiger partial charge in [-0.25, -0.2) is 4.79 Å². The van der Waals surface area contributed by atoms with Crippen LogP contribution >= 0.6 is 0 Å². The van der Waals surface area contributed by atoms with E-state index >= 15 is 0 Å². The van der Waals surface area contributed by atoms with Gasteiger partial charge in [-0.05, 0) is 47.2 Å². The summed E-state index contributed by atoms with van der Waals surface area (Å²) in [4.78, 5) is 39.6. The van der Waals surface area contributed by atoms with Gasteiger partial charge in [-0.15, -0.1) is 0 Å². The van der Waals surface area contributed by atoms with Crippen LogP contribution in [0.25, 0.3) is 0 Å². The maximum atomic E-state index is 13.0. The molecular formula is C33H32N6O5. The van der Waals surface area contributed by atoms with Gasteiger partial charge >= 0.3 is 6.03 Å².